The molecule has 0 bridgehead atoms. The Morgan fingerprint density at radius 2 is 1.75 bits per heavy atom. The Labute approximate surface area is 170 Å². The summed E-state index contributed by atoms with van der Waals surface area (Å²) in [7, 11) is 0. The van der Waals surface area contributed by atoms with Crippen LogP contribution in [0.3, 0.4) is 0 Å². The van der Waals surface area contributed by atoms with Crippen LogP contribution in [0.15, 0.2) is 59.5 Å². The molecule has 0 aliphatic carbocycles. The van der Waals surface area contributed by atoms with Crippen LogP contribution in [0.5, 0.6) is 0 Å². The number of nitrogens with one attached hydrogen (secondary N) is 2. The second kappa shape index (κ2) is 10.1. The Balaban J connectivity index is 1.38. The van der Waals surface area contributed by atoms with Crippen LogP contribution < -0.4 is 10.6 Å². The van der Waals surface area contributed by atoms with Gasteiger partial charge in [-0.3, -0.25) is 9.69 Å². The van der Waals surface area contributed by atoms with E-state index in [2.05, 4.69) is 27.7 Å². The number of amides is 3. The van der Waals surface area contributed by atoms with Crippen LogP contribution in [0.1, 0.15) is 5.56 Å². The summed E-state index contributed by atoms with van der Waals surface area (Å²) < 4.78 is 0. The second-order valence-corrected chi connectivity index (χ2v) is 7.57. The largest absolute Gasteiger partial charge is 0.329 e. The molecule has 28 heavy (non-hydrogen) atoms. The first-order valence-corrected chi connectivity index (χ1v) is 10.6. The first-order valence-electron chi connectivity index (χ1n) is 9.37. The second-order valence-electron chi connectivity index (χ2n) is 6.69. The third-order valence-corrected chi connectivity index (χ3v) is 5.39. The van der Waals surface area contributed by atoms with E-state index in [9.17, 15) is 9.59 Å². The summed E-state index contributed by atoms with van der Waals surface area (Å²) in [6.45, 7) is 3.85. The zero-order valence-electron chi connectivity index (χ0n) is 16.1. The molecule has 3 amide bonds. The Bertz CT molecular complexity index is 792. The lowest BCUT2D eigenvalue weighted by atomic mass is 10.2. The van der Waals surface area contributed by atoms with Gasteiger partial charge >= 0.3 is 6.03 Å². The summed E-state index contributed by atoms with van der Waals surface area (Å²) in [4.78, 5) is 29.6. The van der Waals surface area contributed by atoms with Crippen LogP contribution in [0.4, 0.5) is 10.5 Å². The van der Waals surface area contributed by atoms with Gasteiger partial charge in [-0.25, -0.2) is 4.79 Å². The van der Waals surface area contributed by atoms with E-state index in [0.717, 1.165) is 30.2 Å². The number of carbonyl (C=O) groups excluding carboxylic acids is 2. The summed E-state index contributed by atoms with van der Waals surface area (Å²) in [6, 6.07) is 17.8. The summed E-state index contributed by atoms with van der Waals surface area (Å²) in [5, 5.41) is 5.53. The maximum Gasteiger partial charge on any atom is 0.317 e. The van der Waals surface area contributed by atoms with E-state index in [-0.39, 0.29) is 18.5 Å². The molecule has 3 rings (SSSR count). The SMILES string of the molecule is CSc1cccc(NC(=O)CNC(=O)N2CCN(Cc3ccccc3)CC2)c1. The first-order chi connectivity index (χ1) is 13.6. The van der Waals surface area contributed by atoms with Crippen molar-refractivity contribution in [1.29, 1.82) is 0 Å². The van der Waals surface area contributed by atoms with Crippen molar-refractivity contribution in [2.45, 2.75) is 11.4 Å². The monoisotopic (exact) mass is 398 g/mol. The molecule has 2 N–H and O–H groups in total. The van der Waals surface area contributed by atoms with Crippen molar-refractivity contribution in [3.05, 3.63) is 60.2 Å². The molecule has 2 aromatic carbocycles. The molecule has 1 heterocycles. The van der Waals surface area contributed by atoms with Crippen LogP contribution in [-0.4, -0.2) is 60.7 Å². The Hall–Kier alpha value is -2.51. The fourth-order valence-electron chi connectivity index (χ4n) is 3.12. The molecule has 148 valence electrons. The minimum atomic E-state index is -0.227. The lowest BCUT2D eigenvalue weighted by Gasteiger charge is -2.34. The Kier molecular flexibility index (Phi) is 7.33. The average molecular weight is 399 g/mol. The van der Waals surface area contributed by atoms with E-state index in [0.29, 0.717) is 13.1 Å². The van der Waals surface area contributed by atoms with Gasteiger partial charge in [0.1, 0.15) is 0 Å². The number of hydrogen-bond acceptors (Lipinski definition) is 4. The smallest absolute Gasteiger partial charge is 0.317 e. The molecular formula is C21H26N4O2S. The number of piperazine rings is 1. The number of urea groups is 1. The maximum atomic E-state index is 12.3. The molecule has 1 aliphatic heterocycles. The highest BCUT2D eigenvalue weighted by atomic mass is 32.2. The lowest BCUT2D eigenvalue weighted by molar-refractivity contribution is -0.115. The fourth-order valence-corrected chi connectivity index (χ4v) is 3.58. The van der Waals surface area contributed by atoms with Crippen LogP contribution in [-0.2, 0) is 11.3 Å². The molecule has 1 fully saturated rings. The minimum absolute atomic E-state index is 0.0352. The standard InChI is InChI=1S/C21H26N4O2S/c1-28-19-9-5-8-18(14-19)23-20(26)15-22-21(27)25-12-10-24(11-13-25)16-17-6-3-2-4-7-17/h2-9,14H,10-13,15-16H2,1H3,(H,22,27)(H,23,26). The molecule has 0 radical (unpaired) electrons. The predicted molar refractivity (Wildman–Crippen MR) is 114 cm³/mol. The van der Waals surface area contributed by atoms with Crippen molar-refractivity contribution in [2.24, 2.45) is 0 Å². The highest BCUT2D eigenvalue weighted by Gasteiger charge is 2.21. The van der Waals surface area contributed by atoms with Crippen molar-refractivity contribution in [1.82, 2.24) is 15.1 Å². The van der Waals surface area contributed by atoms with Crippen molar-refractivity contribution >= 4 is 29.4 Å². The summed E-state index contributed by atoms with van der Waals surface area (Å²) in [6.07, 6.45) is 1.99. The molecule has 1 saturated heterocycles. The van der Waals surface area contributed by atoms with Gasteiger partial charge in [0.25, 0.3) is 0 Å². The molecule has 0 saturated carbocycles. The van der Waals surface area contributed by atoms with E-state index in [1.54, 1.807) is 16.7 Å². The summed E-state index contributed by atoms with van der Waals surface area (Å²) >= 11 is 1.62. The topological polar surface area (TPSA) is 64.7 Å². The molecule has 7 heteroatoms. The zero-order chi connectivity index (χ0) is 19.8. The molecule has 0 aromatic heterocycles. The van der Waals surface area contributed by atoms with Gasteiger partial charge in [0.15, 0.2) is 0 Å². The molecule has 1 aliphatic rings. The predicted octanol–water partition coefficient (Wildman–Crippen LogP) is 2.87. The van der Waals surface area contributed by atoms with E-state index >= 15 is 0 Å². The lowest BCUT2D eigenvalue weighted by Crippen LogP contribution is -2.52. The van der Waals surface area contributed by atoms with Gasteiger partial charge in [-0.15, -0.1) is 11.8 Å². The van der Waals surface area contributed by atoms with E-state index in [1.165, 1.54) is 5.56 Å². The summed E-state index contributed by atoms with van der Waals surface area (Å²) in [5.41, 5.74) is 2.02. The van der Waals surface area contributed by atoms with Gasteiger partial charge in [-0.05, 0) is 30.0 Å². The van der Waals surface area contributed by atoms with Gasteiger partial charge in [-0.1, -0.05) is 36.4 Å². The van der Waals surface area contributed by atoms with Gasteiger partial charge in [0, 0.05) is 43.3 Å². The van der Waals surface area contributed by atoms with E-state index in [1.807, 2.05) is 48.7 Å². The highest BCUT2D eigenvalue weighted by molar-refractivity contribution is 7.98. The van der Waals surface area contributed by atoms with Gasteiger partial charge in [-0.2, -0.15) is 0 Å². The number of carbonyl (C=O) groups is 2. The van der Waals surface area contributed by atoms with Gasteiger partial charge in [0.2, 0.25) is 5.91 Å². The van der Waals surface area contributed by atoms with Crippen LogP contribution >= 0.6 is 11.8 Å². The number of rotatable bonds is 6. The first kappa shape index (κ1) is 20.2. The summed E-state index contributed by atoms with van der Waals surface area (Å²) in [5.74, 6) is -0.227. The van der Waals surface area contributed by atoms with Crippen LogP contribution in [0.25, 0.3) is 0 Å². The van der Waals surface area contributed by atoms with Crippen molar-refractivity contribution in [3.8, 4) is 0 Å². The molecule has 0 spiro atoms. The van der Waals surface area contributed by atoms with Crippen molar-refractivity contribution in [2.75, 3.05) is 44.3 Å². The van der Waals surface area contributed by atoms with Gasteiger partial charge in [0.05, 0.1) is 6.54 Å². The van der Waals surface area contributed by atoms with E-state index < -0.39 is 0 Å². The number of anilines is 1. The van der Waals surface area contributed by atoms with Crippen LogP contribution in [0, 0.1) is 0 Å². The highest BCUT2D eigenvalue weighted by Crippen LogP contribution is 2.18. The van der Waals surface area contributed by atoms with E-state index in [4.69, 9.17) is 0 Å². The molecular weight excluding hydrogens is 372 g/mol. The number of thioether (sulfide) groups is 1. The van der Waals surface area contributed by atoms with Crippen molar-refractivity contribution < 1.29 is 9.59 Å². The molecule has 2 aromatic rings. The third-order valence-electron chi connectivity index (χ3n) is 4.66. The molecule has 0 unspecified atom stereocenters. The number of hydrogen-bond donors (Lipinski definition) is 2. The number of nitrogens with zero attached hydrogens (tertiary/aromatic N) is 2. The minimum Gasteiger partial charge on any atom is -0.329 e. The Morgan fingerprint density at radius 1 is 1.00 bits per heavy atom. The molecule has 6 nitrogen and oxygen atoms in total. The Morgan fingerprint density at radius 3 is 2.46 bits per heavy atom. The average Bonchev–Trinajstić information content (AvgIpc) is 2.73. The maximum absolute atomic E-state index is 12.3. The van der Waals surface area contributed by atoms with Crippen LogP contribution in [0.2, 0.25) is 0 Å². The quantitative estimate of drug-likeness (QED) is 0.735. The molecule has 0 atom stereocenters. The normalized spacial score (nSPS) is 14.5. The third kappa shape index (κ3) is 6.00. The fraction of sp³-hybridized carbons (Fsp3) is 0.333. The zero-order valence-corrected chi connectivity index (χ0v) is 16.9. The number of benzene rings is 2. The van der Waals surface area contributed by atoms with Crippen molar-refractivity contribution in [3.63, 3.8) is 0 Å². The van der Waals surface area contributed by atoms with Gasteiger partial charge < -0.3 is 15.5 Å².